The van der Waals surface area contributed by atoms with Gasteiger partial charge >= 0.3 is 0 Å². The maximum atomic E-state index is 10.5. The monoisotopic (exact) mass is 219 g/mol. The van der Waals surface area contributed by atoms with Gasteiger partial charge in [0.05, 0.1) is 6.10 Å². The zero-order valence-corrected chi connectivity index (χ0v) is 10.1. The van der Waals surface area contributed by atoms with E-state index in [9.17, 15) is 5.11 Å². The molecular weight excluding hydrogens is 198 g/mol. The van der Waals surface area contributed by atoms with Crippen molar-refractivity contribution < 1.29 is 5.11 Å². The summed E-state index contributed by atoms with van der Waals surface area (Å²) >= 11 is 0. The Morgan fingerprint density at radius 2 is 2.19 bits per heavy atom. The van der Waals surface area contributed by atoms with Crippen molar-refractivity contribution in [1.82, 2.24) is 0 Å². The third kappa shape index (κ3) is 1.87. The summed E-state index contributed by atoms with van der Waals surface area (Å²) in [6.07, 6.45) is 1.67. The Morgan fingerprint density at radius 3 is 2.69 bits per heavy atom. The van der Waals surface area contributed by atoms with E-state index in [4.69, 9.17) is 5.73 Å². The van der Waals surface area contributed by atoms with Crippen LogP contribution in [-0.2, 0) is 0 Å². The fraction of sp³-hybridized carbons (Fsp3) is 0.571. The van der Waals surface area contributed by atoms with Crippen molar-refractivity contribution in [2.45, 2.75) is 32.8 Å². The number of aliphatic hydroxyl groups excluding tert-OH is 1. The van der Waals surface area contributed by atoms with Crippen molar-refractivity contribution >= 4 is 0 Å². The molecule has 3 N–H and O–H groups in total. The summed E-state index contributed by atoms with van der Waals surface area (Å²) in [4.78, 5) is 0. The Bertz CT molecular complexity index is 369. The van der Waals surface area contributed by atoms with Crippen LogP contribution in [-0.4, -0.2) is 11.7 Å². The van der Waals surface area contributed by atoms with Gasteiger partial charge in [0.15, 0.2) is 0 Å². The van der Waals surface area contributed by atoms with Gasteiger partial charge in [-0.05, 0) is 31.2 Å². The minimum Gasteiger partial charge on any atom is -0.388 e. The Morgan fingerprint density at radius 1 is 1.50 bits per heavy atom. The molecule has 0 bridgehead atoms. The van der Waals surface area contributed by atoms with Crippen LogP contribution in [0.5, 0.6) is 0 Å². The van der Waals surface area contributed by atoms with Gasteiger partial charge in [-0.2, -0.15) is 0 Å². The maximum absolute atomic E-state index is 10.5. The van der Waals surface area contributed by atoms with Gasteiger partial charge in [-0.25, -0.2) is 0 Å². The van der Waals surface area contributed by atoms with E-state index in [1.54, 1.807) is 0 Å². The maximum Gasteiger partial charge on any atom is 0.0858 e. The van der Waals surface area contributed by atoms with Crippen LogP contribution >= 0.6 is 0 Å². The van der Waals surface area contributed by atoms with Crippen molar-refractivity contribution in [2.24, 2.45) is 17.1 Å². The second kappa shape index (κ2) is 4.19. The molecule has 1 fully saturated rings. The quantitative estimate of drug-likeness (QED) is 0.820. The third-order valence-electron chi connectivity index (χ3n) is 3.85. The van der Waals surface area contributed by atoms with Gasteiger partial charge in [0.2, 0.25) is 0 Å². The summed E-state index contributed by atoms with van der Waals surface area (Å²) in [6, 6.07) is 8.11. The predicted octanol–water partition coefficient (Wildman–Crippen LogP) is 2.40. The number of aliphatic hydroxyl groups is 1. The van der Waals surface area contributed by atoms with Crippen molar-refractivity contribution in [1.29, 1.82) is 0 Å². The van der Waals surface area contributed by atoms with Crippen LogP contribution in [0.4, 0.5) is 0 Å². The molecule has 2 heteroatoms. The number of benzene rings is 1. The van der Waals surface area contributed by atoms with Gasteiger partial charge in [0, 0.05) is 12.0 Å². The number of hydrogen-bond donors (Lipinski definition) is 2. The summed E-state index contributed by atoms with van der Waals surface area (Å²) in [5, 5.41) is 10.5. The van der Waals surface area contributed by atoms with Crippen molar-refractivity contribution in [3.63, 3.8) is 0 Å². The van der Waals surface area contributed by atoms with Crippen molar-refractivity contribution in [3.05, 3.63) is 35.4 Å². The molecule has 0 heterocycles. The molecule has 1 aromatic carbocycles. The van der Waals surface area contributed by atoms with E-state index in [1.807, 2.05) is 12.1 Å². The molecule has 1 aromatic rings. The first kappa shape index (κ1) is 11.6. The summed E-state index contributed by atoms with van der Waals surface area (Å²) in [5.74, 6) is 0.697. The minimum atomic E-state index is -0.409. The van der Waals surface area contributed by atoms with Gasteiger partial charge < -0.3 is 10.8 Å². The lowest BCUT2D eigenvalue weighted by Gasteiger charge is -2.49. The van der Waals surface area contributed by atoms with Crippen LogP contribution in [0.3, 0.4) is 0 Å². The van der Waals surface area contributed by atoms with Gasteiger partial charge in [-0.3, -0.25) is 0 Å². The van der Waals surface area contributed by atoms with Crippen LogP contribution in [0.15, 0.2) is 24.3 Å². The molecule has 1 atom stereocenters. The molecule has 2 rings (SSSR count). The zero-order chi connectivity index (χ0) is 11.8. The molecule has 1 aliphatic rings. The van der Waals surface area contributed by atoms with E-state index in [0.29, 0.717) is 12.5 Å². The van der Waals surface area contributed by atoms with E-state index in [1.165, 1.54) is 5.56 Å². The standard InChI is InChI=1S/C14H21NO/c1-10-4-3-5-12(6-10)13(16)14(9-15)7-11(2)8-14/h3-6,11,13,16H,7-9,15H2,1-2H3/t11?,13-,14?/m1/s1. The number of rotatable bonds is 3. The number of nitrogens with two attached hydrogens (primary N) is 1. The van der Waals surface area contributed by atoms with Crippen LogP contribution in [0.2, 0.25) is 0 Å². The molecule has 0 saturated heterocycles. The second-order valence-corrected chi connectivity index (χ2v) is 5.40. The van der Waals surface area contributed by atoms with Gasteiger partial charge in [0.25, 0.3) is 0 Å². The Balaban J connectivity index is 2.21. The molecule has 0 radical (unpaired) electrons. The Labute approximate surface area is 97.5 Å². The summed E-state index contributed by atoms with van der Waals surface area (Å²) in [7, 11) is 0. The lowest BCUT2D eigenvalue weighted by atomic mass is 9.58. The lowest BCUT2D eigenvalue weighted by molar-refractivity contribution is -0.0602. The van der Waals surface area contributed by atoms with Crippen molar-refractivity contribution in [2.75, 3.05) is 6.54 Å². The van der Waals surface area contributed by atoms with E-state index < -0.39 is 6.10 Å². The van der Waals surface area contributed by atoms with Gasteiger partial charge in [-0.1, -0.05) is 36.8 Å². The highest BCUT2D eigenvalue weighted by molar-refractivity contribution is 5.26. The molecule has 1 saturated carbocycles. The first-order chi connectivity index (χ1) is 7.57. The van der Waals surface area contributed by atoms with Gasteiger partial charge in [-0.15, -0.1) is 0 Å². The topological polar surface area (TPSA) is 46.2 Å². The number of aryl methyl sites for hydroxylation is 1. The fourth-order valence-electron chi connectivity index (χ4n) is 3.02. The summed E-state index contributed by atoms with van der Waals surface area (Å²) in [5.41, 5.74) is 7.97. The van der Waals surface area contributed by atoms with Crippen molar-refractivity contribution in [3.8, 4) is 0 Å². The normalized spacial score (nSPS) is 30.9. The summed E-state index contributed by atoms with van der Waals surface area (Å²) in [6.45, 7) is 4.85. The summed E-state index contributed by atoms with van der Waals surface area (Å²) < 4.78 is 0. The minimum absolute atomic E-state index is 0.0762. The molecule has 0 spiro atoms. The molecular formula is C14H21NO. The first-order valence-electron chi connectivity index (χ1n) is 6.02. The molecule has 1 aliphatic carbocycles. The smallest absolute Gasteiger partial charge is 0.0858 e. The van der Waals surface area contributed by atoms with Crippen LogP contribution in [0, 0.1) is 18.3 Å². The molecule has 88 valence electrons. The molecule has 16 heavy (non-hydrogen) atoms. The predicted molar refractivity (Wildman–Crippen MR) is 66.0 cm³/mol. The molecule has 2 nitrogen and oxygen atoms in total. The average molecular weight is 219 g/mol. The zero-order valence-electron chi connectivity index (χ0n) is 10.1. The molecule has 0 aliphatic heterocycles. The Kier molecular flexibility index (Phi) is 3.04. The fourth-order valence-corrected chi connectivity index (χ4v) is 3.02. The van der Waals surface area contributed by atoms with Crippen LogP contribution in [0.25, 0.3) is 0 Å². The first-order valence-corrected chi connectivity index (χ1v) is 6.02. The van der Waals surface area contributed by atoms with E-state index >= 15 is 0 Å². The van der Waals surface area contributed by atoms with E-state index in [0.717, 1.165) is 18.4 Å². The second-order valence-electron chi connectivity index (χ2n) is 5.40. The SMILES string of the molecule is Cc1cccc([C@@H](O)C2(CN)CC(C)C2)c1. The highest BCUT2D eigenvalue weighted by atomic mass is 16.3. The average Bonchev–Trinajstić information content (AvgIpc) is 2.23. The van der Waals surface area contributed by atoms with E-state index in [-0.39, 0.29) is 5.41 Å². The lowest BCUT2D eigenvalue weighted by Crippen LogP contribution is -2.46. The van der Waals surface area contributed by atoms with Gasteiger partial charge in [0.1, 0.15) is 0 Å². The van der Waals surface area contributed by atoms with Crippen LogP contribution < -0.4 is 5.73 Å². The third-order valence-corrected chi connectivity index (χ3v) is 3.85. The van der Waals surface area contributed by atoms with Crippen LogP contribution in [0.1, 0.15) is 37.0 Å². The van der Waals surface area contributed by atoms with E-state index in [2.05, 4.69) is 26.0 Å². The molecule has 0 amide bonds. The number of hydrogen-bond acceptors (Lipinski definition) is 2. The Hall–Kier alpha value is -0.860. The highest BCUT2D eigenvalue weighted by Crippen LogP contribution is 2.52. The largest absolute Gasteiger partial charge is 0.388 e. The molecule has 0 aromatic heterocycles. The highest BCUT2D eigenvalue weighted by Gasteiger charge is 2.46. The molecule has 0 unspecified atom stereocenters.